The summed E-state index contributed by atoms with van der Waals surface area (Å²) < 4.78 is 0. The van der Waals surface area contributed by atoms with E-state index >= 15 is 0 Å². The fourth-order valence-electron chi connectivity index (χ4n) is 2.38. The second kappa shape index (κ2) is 3.08. The van der Waals surface area contributed by atoms with E-state index in [9.17, 15) is 5.11 Å². The number of likely N-dealkylation sites (tertiary alicyclic amines) is 1. The minimum Gasteiger partial charge on any atom is -0.387 e. The predicted molar refractivity (Wildman–Crippen MR) is 52.6 cm³/mol. The number of hydrogen-bond acceptors (Lipinski definition) is 3. The number of aliphatic hydroxyl groups is 1. The summed E-state index contributed by atoms with van der Waals surface area (Å²) in [4.78, 5) is 2.22. The van der Waals surface area contributed by atoms with E-state index in [-0.39, 0.29) is 6.04 Å². The van der Waals surface area contributed by atoms with Gasteiger partial charge < -0.3 is 15.3 Å². The molecule has 3 heteroatoms. The smallest absolute Gasteiger partial charge is 0.0976 e. The van der Waals surface area contributed by atoms with Crippen LogP contribution in [-0.4, -0.2) is 47.8 Å². The van der Waals surface area contributed by atoms with Gasteiger partial charge in [0.15, 0.2) is 0 Å². The molecule has 2 rings (SSSR count). The van der Waals surface area contributed by atoms with Crippen molar-refractivity contribution in [3.63, 3.8) is 0 Å². The van der Waals surface area contributed by atoms with Gasteiger partial charge >= 0.3 is 0 Å². The van der Waals surface area contributed by atoms with E-state index in [1.807, 2.05) is 0 Å². The third-order valence-corrected chi connectivity index (χ3v) is 3.29. The highest BCUT2D eigenvalue weighted by Gasteiger charge is 2.44. The average molecular weight is 182 g/mol. The van der Waals surface area contributed by atoms with E-state index in [2.05, 4.69) is 36.3 Å². The summed E-state index contributed by atoms with van der Waals surface area (Å²) in [5.74, 6) is 0. The van der Waals surface area contributed by atoms with E-state index in [1.165, 1.54) is 0 Å². The summed E-state index contributed by atoms with van der Waals surface area (Å²) in [7, 11) is 2.07. The van der Waals surface area contributed by atoms with Crippen LogP contribution in [0.5, 0.6) is 0 Å². The molecular weight excluding hydrogens is 164 g/mol. The van der Waals surface area contributed by atoms with Gasteiger partial charge in [0.05, 0.1) is 11.6 Å². The van der Waals surface area contributed by atoms with Crippen LogP contribution in [0.4, 0.5) is 0 Å². The molecule has 0 bridgehead atoms. The van der Waals surface area contributed by atoms with E-state index in [4.69, 9.17) is 0 Å². The van der Waals surface area contributed by atoms with Crippen molar-refractivity contribution in [2.75, 3.05) is 20.1 Å². The highest BCUT2D eigenvalue weighted by Crippen LogP contribution is 2.30. The maximum absolute atomic E-state index is 10.4. The average Bonchev–Trinajstić information content (AvgIpc) is 2.61. The lowest BCUT2D eigenvalue weighted by molar-refractivity contribution is 0.0311. The third-order valence-electron chi connectivity index (χ3n) is 3.29. The Kier molecular flexibility index (Phi) is 2.18. The second-order valence-corrected chi connectivity index (χ2v) is 4.39. The predicted octanol–water partition coefficient (Wildman–Crippen LogP) is -0.0305. The number of likely N-dealkylation sites (N-methyl/N-ethyl adjacent to an activating group) is 1. The maximum Gasteiger partial charge on any atom is 0.0976 e. The molecule has 0 aromatic heterocycles. The van der Waals surface area contributed by atoms with E-state index in [1.54, 1.807) is 0 Å². The van der Waals surface area contributed by atoms with E-state index in [0.717, 1.165) is 19.5 Å². The zero-order valence-corrected chi connectivity index (χ0v) is 8.33. The summed E-state index contributed by atoms with van der Waals surface area (Å²) in [6, 6.07) is 0.640. The molecular formula is C10H18N2O. The fraction of sp³-hybridized carbons (Fsp3) is 0.800. The summed E-state index contributed by atoms with van der Waals surface area (Å²) >= 11 is 0. The molecule has 2 aliphatic heterocycles. The lowest BCUT2D eigenvalue weighted by Gasteiger charge is -2.28. The summed E-state index contributed by atoms with van der Waals surface area (Å²) in [5, 5.41) is 13.7. The first-order valence-corrected chi connectivity index (χ1v) is 4.94. The van der Waals surface area contributed by atoms with Crippen molar-refractivity contribution >= 4 is 0 Å². The van der Waals surface area contributed by atoms with Crippen molar-refractivity contribution in [1.82, 2.24) is 10.2 Å². The van der Waals surface area contributed by atoms with Crippen molar-refractivity contribution in [2.45, 2.75) is 31.0 Å². The molecule has 3 unspecified atom stereocenters. The number of β-amino-alcohol motifs (C(OH)–C–C–N with tert-alkyl or cyclic N) is 1. The SMILES string of the molecule is CC1CC(O)(C2C=CCN2)CN1C. The molecule has 0 radical (unpaired) electrons. The van der Waals surface area contributed by atoms with Crippen molar-refractivity contribution in [3.05, 3.63) is 12.2 Å². The van der Waals surface area contributed by atoms with Crippen molar-refractivity contribution in [2.24, 2.45) is 0 Å². The van der Waals surface area contributed by atoms with Crippen molar-refractivity contribution in [1.29, 1.82) is 0 Å². The number of nitrogens with one attached hydrogen (secondary N) is 1. The standard InChI is InChI=1S/C10H18N2O/c1-8-6-10(13,7-12(8)2)9-4-3-5-11-9/h3-4,8-9,11,13H,5-7H2,1-2H3. The van der Waals surface area contributed by atoms with Crippen LogP contribution in [0, 0.1) is 0 Å². The maximum atomic E-state index is 10.4. The molecule has 0 saturated carbocycles. The Morgan fingerprint density at radius 2 is 2.38 bits per heavy atom. The molecule has 3 atom stereocenters. The topological polar surface area (TPSA) is 35.5 Å². The van der Waals surface area contributed by atoms with Crippen molar-refractivity contribution < 1.29 is 5.11 Å². The first kappa shape index (κ1) is 9.19. The number of hydrogen-bond donors (Lipinski definition) is 2. The van der Waals surface area contributed by atoms with Gasteiger partial charge in [0, 0.05) is 19.1 Å². The molecule has 0 aliphatic carbocycles. The van der Waals surface area contributed by atoms with E-state index in [0.29, 0.717) is 6.04 Å². The monoisotopic (exact) mass is 182 g/mol. The van der Waals surface area contributed by atoms with Crippen LogP contribution in [0.15, 0.2) is 12.2 Å². The highest BCUT2D eigenvalue weighted by molar-refractivity contribution is 5.14. The van der Waals surface area contributed by atoms with Gasteiger partial charge in [-0.05, 0) is 20.4 Å². The zero-order valence-electron chi connectivity index (χ0n) is 8.33. The molecule has 0 amide bonds. The Balaban J connectivity index is 2.09. The Hall–Kier alpha value is -0.380. The summed E-state index contributed by atoms with van der Waals surface area (Å²) in [6.07, 6.45) is 5.04. The second-order valence-electron chi connectivity index (χ2n) is 4.39. The van der Waals surface area contributed by atoms with Crippen LogP contribution in [0.25, 0.3) is 0 Å². The third kappa shape index (κ3) is 1.52. The largest absolute Gasteiger partial charge is 0.387 e. The molecule has 74 valence electrons. The molecule has 1 fully saturated rings. The van der Waals surface area contributed by atoms with Crippen LogP contribution in [-0.2, 0) is 0 Å². The Labute approximate surface area is 79.4 Å². The molecule has 2 N–H and O–H groups in total. The first-order valence-electron chi connectivity index (χ1n) is 4.94. The normalized spacial score (nSPS) is 46.1. The molecule has 0 spiro atoms. The molecule has 0 aromatic rings. The van der Waals surface area contributed by atoms with Gasteiger partial charge in [0.2, 0.25) is 0 Å². The fourth-order valence-corrected chi connectivity index (χ4v) is 2.38. The summed E-state index contributed by atoms with van der Waals surface area (Å²) in [6.45, 7) is 3.83. The van der Waals surface area contributed by atoms with Crippen LogP contribution in [0.3, 0.4) is 0 Å². The van der Waals surface area contributed by atoms with Gasteiger partial charge in [-0.1, -0.05) is 12.2 Å². The quantitative estimate of drug-likeness (QED) is 0.559. The first-order chi connectivity index (χ1) is 6.12. The van der Waals surface area contributed by atoms with Gasteiger partial charge in [-0.15, -0.1) is 0 Å². The molecule has 2 aliphatic rings. The Bertz CT molecular complexity index is 217. The summed E-state index contributed by atoms with van der Waals surface area (Å²) in [5.41, 5.74) is -0.554. The van der Waals surface area contributed by atoms with Crippen LogP contribution >= 0.6 is 0 Å². The minimum absolute atomic E-state index is 0.153. The Morgan fingerprint density at radius 3 is 2.85 bits per heavy atom. The molecule has 2 heterocycles. The molecule has 0 aromatic carbocycles. The van der Waals surface area contributed by atoms with Gasteiger partial charge in [-0.3, -0.25) is 0 Å². The van der Waals surface area contributed by atoms with Crippen LogP contribution in [0.1, 0.15) is 13.3 Å². The van der Waals surface area contributed by atoms with Crippen LogP contribution < -0.4 is 5.32 Å². The lowest BCUT2D eigenvalue weighted by Crippen LogP contribution is -2.49. The van der Waals surface area contributed by atoms with Gasteiger partial charge in [-0.2, -0.15) is 0 Å². The number of rotatable bonds is 1. The molecule has 1 saturated heterocycles. The van der Waals surface area contributed by atoms with Crippen molar-refractivity contribution in [3.8, 4) is 0 Å². The van der Waals surface area contributed by atoms with E-state index < -0.39 is 5.60 Å². The van der Waals surface area contributed by atoms with Crippen LogP contribution in [0.2, 0.25) is 0 Å². The number of nitrogens with zero attached hydrogens (tertiary/aromatic N) is 1. The molecule has 3 nitrogen and oxygen atoms in total. The molecule has 13 heavy (non-hydrogen) atoms. The zero-order chi connectivity index (χ0) is 9.47. The van der Waals surface area contributed by atoms with Gasteiger partial charge in [0.25, 0.3) is 0 Å². The van der Waals surface area contributed by atoms with Gasteiger partial charge in [0.1, 0.15) is 0 Å². The Morgan fingerprint density at radius 1 is 1.62 bits per heavy atom. The van der Waals surface area contributed by atoms with Gasteiger partial charge in [-0.25, -0.2) is 0 Å². The highest BCUT2D eigenvalue weighted by atomic mass is 16.3. The lowest BCUT2D eigenvalue weighted by atomic mass is 9.92. The minimum atomic E-state index is -0.554.